The third-order valence-corrected chi connectivity index (χ3v) is 3.98. The Bertz CT molecular complexity index is 774. The summed E-state index contributed by atoms with van der Waals surface area (Å²) in [6.45, 7) is 7.73. The summed E-state index contributed by atoms with van der Waals surface area (Å²) in [6.07, 6.45) is 6.44. The number of nitrogens with zero attached hydrogens (tertiary/aromatic N) is 3. The first-order chi connectivity index (χ1) is 11.1. The van der Waals surface area contributed by atoms with Crippen molar-refractivity contribution in [1.82, 2.24) is 19.9 Å². The second-order valence-electron chi connectivity index (χ2n) is 5.74. The average Bonchev–Trinajstić information content (AvgIpc) is 3.15. The van der Waals surface area contributed by atoms with Gasteiger partial charge in [-0.1, -0.05) is 6.07 Å². The van der Waals surface area contributed by atoms with E-state index in [2.05, 4.69) is 40.4 Å². The molecule has 0 atom stereocenters. The molecule has 2 aromatic heterocycles. The zero-order valence-electron chi connectivity index (χ0n) is 13.8. The lowest BCUT2D eigenvalue weighted by Crippen LogP contribution is -2.17. The van der Waals surface area contributed by atoms with Crippen LogP contribution in [0.15, 0.2) is 41.3 Å². The van der Waals surface area contributed by atoms with Crippen molar-refractivity contribution in [3.8, 4) is 5.69 Å². The maximum atomic E-state index is 5.45. The predicted molar refractivity (Wildman–Crippen MR) is 89.7 cm³/mol. The maximum Gasteiger partial charge on any atom is 0.191 e. The summed E-state index contributed by atoms with van der Waals surface area (Å²) in [5, 5.41) is 3.48. The molecule has 0 spiro atoms. The highest BCUT2D eigenvalue weighted by molar-refractivity contribution is 5.40. The van der Waals surface area contributed by atoms with E-state index in [0.717, 1.165) is 42.5 Å². The van der Waals surface area contributed by atoms with Crippen LogP contribution in [0.2, 0.25) is 0 Å². The Hall–Kier alpha value is -2.40. The number of hydrogen-bond donors (Lipinski definition) is 1. The quantitative estimate of drug-likeness (QED) is 0.711. The van der Waals surface area contributed by atoms with E-state index in [4.69, 9.17) is 4.42 Å². The monoisotopic (exact) mass is 310 g/mol. The summed E-state index contributed by atoms with van der Waals surface area (Å²) >= 11 is 0. The number of oxazole rings is 1. The van der Waals surface area contributed by atoms with Gasteiger partial charge in [0, 0.05) is 44.5 Å². The average molecular weight is 310 g/mol. The molecule has 0 radical (unpaired) electrons. The van der Waals surface area contributed by atoms with Crippen molar-refractivity contribution in [2.75, 3.05) is 6.54 Å². The largest absolute Gasteiger partial charge is 0.446 e. The molecule has 5 heteroatoms. The van der Waals surface area contributed by atoms with Crippen LogP contribution in [0.4, 0.5) is 0 Å². The van der Waals surface area contributed by atoms with E-state index in [1.54, 1.807) is 6.20 Å². The molecule has 3 rings (SSSR count). The maximum absolute atomic E-state index is 5.45. The molecule has 0 unspecified atom stereocenters. The van der Waals surface area contributed by atoms with E-state index in [-0.39, 0.29) is 0 Å². The van der Waals surface area contributed by atoms with Gasteiger partial charge in [0.2, 0.25) is 0 Å². The van der Waals surface area contributed by atoms with Gasteiger partial charge in [-0.2, -0.15) is 0 Å². The van der Waals surface area contributed by atoms with Crippen LogP contribution in [0.5, 0.6) is 0 Å². The van der Waals surface area contributed by atoms with Crippen molar-refractivity contribution in [1.29, 1.82) is 0 Å². The van der Waals surface area contributed by atoms with Crippen LogP contribution in [-0.4, -0.2) is 21.1 Å². The fourth-order valence-electron chi connectivity index (χ4n) is 2.68. The number of aryl methyl sites for hydroxylation is 3. The minimum absolute atomic E-state index is 0.739. The molecule has 0 saturated heterocycles. The van der Waals surface area contributed by atoms with E-state index in [0.29, 0.717) is 0 Å². The molecule has 3 aromatic rings. The molecule has 0 aliphatic carbocycles. The number of aromatic nitrogens is 3. The second kappa shape index (κ2) is 6.79. The number of rotatable bonds is 6. The molecule has 0 fully saturated rings. The zero-order valence-corrected chi connectivity index (χ0v) is 13.8. The summed E-state index contributed by atoms with van der Waals surface area (Å²) < 4.78 is 7.46. The molecule has 2 heterocycles. The number of imidazole rings is 1. The molecule has 0 bridgehead atoms. The minimum Gasteiger partial charge on any atom is -0.446 e. The van der Waals surface area contributed by atoms with Crippen molar-refractivity contribution >= 4 is 0 Å². The minimum atomic E-state index is 0.739. The van der Waals surface area contributed by atoms with Gasteiger partial charge in [0.05, 0.1) is 12.0 Å². The van der Waals surface area contributed by atoms with Gasteiger partial charge >= 0.3 is 0 Å². The van der Waals surface area contributed by atoms with Gasteiger partial charge in [0.25, 0.3) is 0 Å². The number of hydrogen-bond acceptors (Lipinski definition) is 4. The van der Waals surface area contributed by atoms with Gasteiger partial charge in [0.1, 0.15) is 5.76 Å². The zero-order chi connectivity index (χ0) is 16.2. The molecule has 0 amide bonds. The molecule has 0 aliphatic rings. The third kappa shape index (κ3) is 3.68. The third-order valence-electron chi connectivity index (χ3n) is 3.98. The highest BCUT2D eigenvalue weighted by Gasteiger charge is 2.06. The second-order valence-corrected chi connectivity index (χ2v) is 5.74. The standard InChI is InChI=1S/C18H22N4O/c1-13-10-17(22-9-8-20-12-22)5-4-16(13)11-19-7-6-18-14(2)23-15(3)21-18/h4-5,8-10,12,19H,6-7,11H2,1-3H3. The summed E-state index contributed by atoms with van der Waals surface area (Å²) in [6, 6.07) is 6.48. The Labute approximate surface area is 136 Å². The first-order valence-corrected chi connectivity index (χ1v) is 7.85. The fourth-order valence-corrected chi connectivity index (χ4v) is 2.68. The lowest BCUT2D eigenvalue weighted by molar-refractivity contribution is 0.492. The predicted octanol–water partition coefficient (Wildman–Crippen LogP) is 3.12. The summed E-state index contributed by atoms with van der Waals surface area (Å²) in [4.78, 5) is 8.48. The van der Waals surface area contributed by atoms with E-state index in [1.807, 2.05) is 30.9 Å². The van der Waals surface area contributed by atoms with Crippen LogP contribution in [0.3, 0.4) is 0 Å². The van der Waals surface area contributed by atoms with Crippen LogP contribution in [0.25, 0.3) is 5.69 Å². The highest BCUT2D eigenvalue weighted by atomic mass is 16.4. The highest BCUT2D eigenvalue weighted by Crippen LogP contribution is 2.15. The molecule has 1 aromatic carbocycles. The topological polar surface area (TPSA) is 55.9 Å². The van der Waals surface area contributed by atoms with Crippen LogP contribution in [-0.2, 0) is 13.0 Å². The number of nitrogens with one attached hydrogen (secondary N) is 1. The smallest absolute Gasteiger partial charge is 0.191 e. The van der Waals surface area contributed by atoms with Gasteiger partial charge in [-0.15, -0.1) is 0 Å². The van der Waals surface area contributed by atoms with Crippen LogP contribution in [0.1, 0.15) is 28.5 Å². The van der Waals surface area contributed by atoms with Crippen molar-refractivity contribution < 1.29 is 4.42 Å². The Balaban J connectivity index is 1.55. The van der Waals surface area contributed by atoms with Crippen molar-refractivity contribution in [2.45, 2.75) is 33.7 Å². The van der Waals surface area contributed by atoms with Gasteiger partial charge < -0.3 is 14.3 Å². The van der Waals surface area contributed by atoms with Crippen LogP contribution >= 0.6 is 0 Å². The molecule has 1 N–H and O–H groups in total. The summed E-state index contributed by atoms with van der Waals surface area (Å²) in [5.74, 6) is 1.66. The summed E-state index contributed by atoms with van der Waals surface area (Å²) in [7, 11) is 0. The summed E-state index contributed by atoms with van der Waals surface area (Å²) in [5.41, 5.74) is 4.76. The van der Waals surface area contributed by atoms with Crippen LogP contribution < -0.4 is 5.32 Å². The lowest BCUT2D eigenvalue weighted by Gasteiger charge is -2.10. The Morgan fingerprint density at radius 1 is 1.22 bits per heavy atom. The molecule has 23 heavy (non-hydrogen) atoms. The van der Waals surface area contributed by atoms with Crippen molar-refractivity contribution in [2.24, 2.45) is 0 Å². The molecule has 5 nitrogen and oxygen atoms in total. The molecule has 0 saturated carbocycles. The molecular formula is C18H22N4O. The lowest BCUT2D eigenvalue weighted by atomic mass is 10.1. The van der Waals surface area contributed by atoms with E-state index < -0.39 is 0 Å². The Morgan fingerprint density at radius 3 is 2.74 bits per heavy atom. The normalized spacial score (nSPS) is 11.1. The Morgan fingerprint density at radius 2 is 2.09 bits per heavy atom. The van der Waals surface area contributed by atoms with Gasteiger partial charge in [-0.05, 0) is 37.1 Å². The van der Waals surface area contributed by atoms with Gasteiger partial charge in [-0.3, -0.25) is 0 Å². The Kier molecular flexibility index (Phi) is 4.57. The van der Waals surface area contributed by atoms with Gasteiger partial charge in [-0.25, -0.2) is 9.97 Å². The van der Waals surface area contributed by atoms with Gasteiger partial charge in [0.15, 0.2) is 5.89 Å². The van der Waals surface area contributed by atoms with E-state index in [9.17, 15) is 0 Å². The fraction of sp³-hybridized carbons (Fsp3) is 0.333. The SMILES string of the molecule is Cc1nc(CCNCc2ccc(-n3ccnc3)cc2C)c(C)o1. The van der Waals surface area contributed by atoms with E-state index >= 15 is 0 Å². The van der Waals surface area contributed by atoms with Crippen LogP contribution in [0, 0.1) is 20.8 Å². The van der Waals surface area contributed by atoms with E-state index in [1.165, 1.54) is 11.1 Å². The molecule has 0 aliphatic heterocycles. The van der Waals surface area contributed by atoms with Crippen molar-refractivity contribution in [3.63, 3.8) is 0 Å². The number of benzene rings is 1. The first-order valence-electron chi connectivity index (χ1n) is 7.85. The first kappa shape index (κ1) is 15.5. The van der Waals surface area contributed by atoms with Crippen molar-refractivity contribution in [3.05, 3.63) is 65.4 Å². The molecule has 120 valence electrons. The molecular weight excluding hydrogens is 288 g/mol.